The minimum Gasteiger partial charge on any atom is -0.341 e. The van der Waals surface area contributed by atoms with E-state index in [-0.39, 0.29) is 0 Å². The van der Waals surface area contributed by atoms with E-state index in [1.807, 2.05) is 0 Å². The van der Waals surface area contributed by atoms with Crippen molar-refractivity contribution in [1.29, 1.82) is 0 Å². The fourth-order valence-corrected chi connectivity index (χ4v) is 3.89. The van der Waals surface area contributed by atoms with Crippen molar-refractivity contribution in [1.82, 2.24) is 9.97 Å². The monoisotopic (exact) mass is 270 g/mol. The van der Waals surface area contributed by atoms with Crippen LogP contribution in [-0.2, 0) is 5.41 Å². The van der Waals surface area contributed by atoms with Crippen molar-refractivity contribution < 1.29 is 0 Å². The molecule has 1 saturated carbocycles. The van der Waals surface area contributed by atoms with Crippen LogP contribution in [0.4, 0.5) is 0 Å². The Hall–Kier alpha value is -1.31. The Kier molecular flexibility index (Phi) is 3.35. The molecule has 0 spiro atoms. The quantitative estimate of drug-likeness (QED) is 0.831. The second-order valence-corrected chi connectivity index (χ2v) is 7.12. The molecule has 0 saturated heterocycles. The summed E-state index contributed by atoms with van der Waals surface area (Å²) in [6.07, 6.45) is 6.54. The maximum absolute atomic E-state index is 4.97. The molecule has 20 heavy (non-hydrogen) atoms. The minimum absolute atomic E-state index is 0.301. The van der Waals surface area contributed by atoms with Crippen LogP contribution in [0.15, 0.2) is 12.1 Å². The van der Waals surface area contributed by atoms with Crippen molar-refractivity contribution in [3.8, 4) is 0 Å². The molecule has 0 radical (unpaired) electrons. The Morgan fingerprint density at radius 2 is 1.80 bits per heavy atom. The molecule has 0 unspecified atom stereocenters. The molecular weight excluding hydrogens is 244 g/mol. The van der Waals surface area contributed by atoms with Crippen LogP contribution in [0.1, 0.15) is 62.9 Å². The molecular formula is C18H26N2. The average Bonchev–Trinajstić information content (AvgIpc) is 2.97. The fourth-order valence-electron chi connectivity index (χ4n) is 3.89. The molecule has 1 N–H and O–H groups in total. The number of H-pyrrole nitrogens is 1. The predicted octanol–water partition coefficient (Wildman–Crippen LogP) is 5.04. The molecule has 0 bridgehead atoms. The average molecular weight is 270 g/mol. The number of aryl methyl sites for hydroxylation is 2. The number of nitrogens with zero attached hydrogens (tertiary/aromatic N) is 1. The number of fused-ring (bicyclic) bond motifs is 1. The molecule has 1 aliphatic carbocycles. The highest BCUT2D eigenvalue weighted by molar-refractivity contribution is 5.77. The number of nitrogens with one attached hydrogen (secondary N) is 1. The smallest absolute Gasteiger partial charge is 0.113 e. The summed E-state index contributed by atoms with van der Waals surface area (Å²) in [5, 5.41) is 0. The highest BCUT2D eigenvalue weighted by atomic mass is 14.9. The SMILES string of the molecule is Cc1cc2nc(C3(CC(C)C)CCCC3)[nH]c2cc1C. The van der Waals surface area contributed by atoms with Gasteiger partial charge in [0.1, 0.15) is 5.82 Å². The first-order chi connectivity index (χ1) is 9.50. The van der Waals surface area contributed by atoms with Gasteiger partial charge in [0, 0.05) is 5.41 Å². The van der Waals surface area contributed by atoms with Crippen LogP contribution >= 0.6 is 0 Å². The Balaban J connectivity index is 2.07. The van der Waals surface area contributed by atoms with Gasteiger partial charge in [0.05, 0.1) is 11.0 Å². The van der Waals surface area contributed by atoms with Gasteiger partial charge in [-0.1, -0.05) is 26.7 Å². The zero-order chi connectivity index (χ0) is 14.3. The van der Waals surface area contributed by atoms with E-state index in [2.05, 4.69) is 44.8 Å². The number of rotatable bonds is 3. The lowest BCUT2D eigenvalue weighted by Crippen LogP contribution is -2.25. The first kappa shape index (κ1) is 13.7. The van der Waals surface area contributed by atoms with Gasteiger partial charge in [-0.15, -0.1) is 0 Å². The molecule has 0 amide bonds. The molecule has 1 aliphatic rings. The molecule has 2 nitrogen and oxygen atoms in total. The van der Waals surface area contributed by atoms with E-state index in [1.54, 1.807) is 0 Å². The number of hydrogen-bond donors (Lipinski definition) is 1. The van der Waals surface area contributed by atoms with E-state index in [0.717, 1.165) is 11.4 Å². The second-order valence-electron chi connectivity index (χ2n) is 7.12. The zero-order valence-electron chi connectivity index (χ0n) is 13.2. The van der Waals surface area contributed by atoms with Crippen LogP contribution in [0, 0.1) is 19.8 Å². The van der Waals surface area contributed by atoms with E-state index in [4.69, 9.17) is 4.98 Å². The number of benzene rings is 1. The maximum Gasteiger partial charge on any atom is 0.113 e. The van der Waals surface area contributed by atoms with Crippen molar-refractivity contribution in [2.45, 2.75) is 65.2 Å². The van der Waals surface area contributed by atoms with Gasteiger partial charge in [-0.2, -0.15) is 0 Å². The van der Waals surface area contributed by atoms with Gasteiger partial charge >= 0.3 is 0 Å². The van der Waals surface area contributed by atoms with Crippen molar-refractivity contribution in [2.24, 2.45) is 5.92 Å². The summed E-state index contributed by atoms with van der Waals surface area (Å²) in [5.74, 6) is 1.97. The van der Waals surface area contributed by atoms with E-state index in [0.29, 0.717) is 5.41 Å². The lowest BCUT2D eigenvalue weighted by Gasteiger charge is -2.28. The van der Waals surface area contributed by atoms with Gasteiger partial charge in [0.2, 0.25) is 0 Å². The molecule has 108 valence electrons. The molecule has 0 atom stereocenters. The van der Waals surface area contributed by atoms with Crippen LogP contribution in [0.25, 0.3) is 11.0 Å². The van der Waals surface area contributed by atoms with Crippen molar-refractivity contribution in [2.75, 3.05) is 0 Å². The van der Waals surface area contributed by atoms with Gasteiger partial charge in [-0.25, -0.2) is 4.98 Å². The molecule has 2 heteroatoms. The zero-order valence-corrected chi connectivity index (χ0v) is 13.2. The second kappa shape index (κ2) is 4.91. The fraction of sp³-hybridized carbons (Fsp3) is 0.611. The molecule has 1 aromatic carbocycles. The Labute approximate surface area is 122 Å². The van der Waals surface area contributed by atoms with Crippen LogP contribution in [0.2, 0.25) is 0 Å². The summed E-state index contributed by atoms with van der Waals surface area (Å²) in [4.78, 5) is 8.61. The third kappa shape index (κ3) is 2.25. The van der Waals surface area contributed by atoms with E-state index in [9.17, 15) is 0 Å². The third-order valence-electron chi connectivity index (χ3n) is 4.96. The first-order valence-corrected chi connectivity index (χ1v) is 7.98. The van der Waals surface area contributed by atoms with Crippen LogP contribution in [0.5, 0.6) is 0 Å². The van der Waals surface area contributed by atoms with Crippen LogP contribution in [0.3, 0.4) is 0 Å². The number of imidazole rings is 1. The summed E-state index contributed by atoms with van der Waals surface area (Å²) < 4.78 is 0. The lowest BCUT2D eigenvalue weighted by atomic mass is 9.78. The summed E-state index contributed by atoms with van der Waals surface area (Å²) in [7, 11) is 0. The van der Waals surface area contributed by atoms with E-state index < -0.39 is 0 Å². The minimum atomic E-state index is 0.301. The normalized spacial score (nSPS) is 18.2. The number of aromatic amines is 1. The van der Waals surface area contributed by atoms with Crippen molar-refractivity contribution >= 4 is 11.0 Å². The molecule has 2 aromatic rings. The first-order valence-electron chi connectivity index (χ1n) is 7.98. The topological polar surface area (TPSA) is 28.7 Å². The molecule has 1 fully saturated rings. The van der Waals surface area contributed by atoms with Gasteiger partial charge in [-0.05, 0) is 62.3 Å². The standard InChI is InChI=1S/C18H26N2/c1-12(2)11-18(7-5-6-8-18)17-19-15-9-13(3)14(4)10-16(15)20-17/h9-10,12H,5-8,11H2,1-4H3,(H,19,20). The third-order valence-corrected chi connectivity index (χ3v) is 4.96. The largest absolute Gasteiger partial charge is 0.341 e. The van der Waals surface area contributed by atoms with Crippen LogP contribution < -0.4 is 0 Å². The van der Waals surface area contributed by atoms with Crippen molar-refractivity contribution in [3.05, 3.63) is 29.1 Å². The lowest BCUT2D eigenvalue weighted by molar-refractivity contribution is 0.332. The Morgan fingerprint density at radius 1 is 1.15 bits per heavy atom. The van der Waals surface area contributed by atoms with Gasteiger partial charge in [0.15, 0.2) is 0 Å². The van der Waals surface area contributed by atoms with E-state index >= 15 is 0 Å². The number of aromatic nitrogens is 2. The van der Waals surface area contributed by atoms with Crippen LogP contribution in [-0.4, -0.2) is 9.97 Å². The summed E-state index contributed by atoms with van der Waals surface area (Å²) in [6.45, 7) is 9.01. The summed E-state index contributed by atoms with van der Waals surface area (Å²) in [5.41, 5.74) is 5.32. The molecule has 1 aromatic heterocycles. The number of hydrogen-bond acceptors (Lipinski definition) is 1. The molecule has 3 rings (SSSR count). The summed E-state index contributed by atoms with van der Waals surface area (Å²) >= 11 is 0. The highest BCUT2D eigenvalue weighted by Crippen LogP contribution is 2.44. The predicted molar refractivity (Wildman–Crippen MR) is 85.2 cm³/mol. The van der Waals surface area contributed by atoms with Gasteiger partial charge < -0.3 is 4.98 Å². The van der Waals surface area contributed by atoms with Gasteiger partial charge in [0.25, 0.3) is 0 Å². The van der Waals surface area contributed by atoms with Gasteiger partial charge in [-0.3, -0.25) is 0 Å². The maximum atomic E-state index is 4.97. The molecule has 1 heterocycles. The van der Waals surface area contributed by atoms with E-state index in [1.165, 1.54) is 54.6 Å². The molecule has 0 aliphatic heterocycles. The Morgan fingerprint density at radius 3 is 2.45 bits per heavy atom. The summed E-state index contributed by atoms with van der Waals surface area (Å²) in [6, 6.07) is 4.47. The Bertz CT molecular complexity index is 577. The highest BCUT2D eigenvalue weighted by Gasteiger charge is 2.38. The van der Waals surface area contributed by atoms with Crippen molar-refractivity contribution in [3.63, 3.8) is 0 Å².